The second-order valence-corrected chi connectivity index (χ2v) is 5.15. The lowest BCUT2D eigenvalue weighted by molar-refractivity contribution is -0.115. The van der Waals surface area contributed by atoms with Crippen LogP contribution in [0.5, 0.6) is 0 Å². The zero-order valence-corrected chi connectivity index (χ0v) is 10.8. The van der Waals surface area contributed by atoms with Crippen molar-refractivity contribution in [2.24, 2.45) is 0 Å². The second kappa shape index (κ2) is 4.82. The first-order valence-corrected chi connectivity index (χ1v) is 6.64. The maximum atomic E-state index is 11.9. The monoisotopic (exact) mass is 269 g/mol. The highest BCUT2D eigenvalue weighted by molar-refractivity contribution is 8.08. The fourth-order valence-electron chi connectivity index (χ4n) is 1.89. The van der Waals surface area contributed by atoms with E-state index < -0.39 is 5.91 Å². The standard InChI is InChI=1S/C15H11NO2S/c17-13-14(10-6-2-1-3-7-10)19-12-9-5-4-8-11(12)16-15(13)18/h1-9,17H,(H,16,18). The van der Waals surface area contributed by atoms with E-state index in [0.717, 1.165) is 16.1 Å². The number of fused-ring (bicyclic) bond motifs is 1. The third kappa shape index (κ3) is 2.22. The molecule has 0 saturated carbocycles. The minimum absolute atomic E-state index is 0.243. The Labute approximate surface area is 115 Å². The van der Waals surface area contributed by atoms with Gasteiger partial charge in [-0.2, -0.15) is 0 Å². The molecule has 2 aromatic rings. The van der Waals surface area contributed by atoms with E-state index >= 15 is 0 Å². The normalized spacial score (nSPS) is 14.6. The molecule has 0 aromatic heterocycles. The number of amides is 1. The number of anilines is 1. The van der Waals surface area contributed by atoms with Crippen LogP contribution in [0.4, 0.5) is 5.69 Å². The Balaban J connectivity index is 2.13. The highest BCUT2D eigenvalue weighted by Crippen LogP contribution is 2.41. The summed E-state index contributed by atoms with van der Waals surface area (Å²) in [4.78, 5) is 13.4. The van der Waals surface area contributed by atoms with E-state index in [2.05, 4.69) is 5.32 Å². The lowest BCUT2D eigenvalue weighted by Crippen LogP contribution is -2.13. The largest absolute Gasteiger partial charge is 0.502 e. The average molecular weight is 269 g/mol. The number of para-hydroxylation sites is 1. The number of carbonyl (C=O) groups is 1. The Kier molecular flexibility index (Phi) is 3.01. The van der Waals surface area contributed by atoms with E-state index in [4.69, 9.17) is 0 Å². The number of aliphatic hydroxyl groups is 1. The van der Waals surface area contributed by atoms with Crippen molar-refractivity contribution in [2.45, 2.75) is 4.90 Å². The van der Waals surface area contributed by atoms with Crippen molar-refractivity contribution < 1.29 is 9.90 Å². The van der Waals surface area contributed by atoms with Gasteiger partial charge in [0, 0.05) is 4.90 Å². The first kappa shape index (κ1) is 11.9. The highest BCUT2D eigenvalue weighted by Gasteiger charge is 2.22. The van der Waals surface area contributed by atoms with E-state index in [0.29, 0.717) is 4.91 Å². The predicted molar refractivity (Wildman–Crippen MR) is 76.9 cm³/mol. The van der Waals surface area contributed by atoms with Crippen LogP contribution in [0.1, 0.15) is 5.56 Å². The van der Waals surface area contributed by atoms with Gasteiger partial charge in [0.1, 0.15) is 0 Å². The SMILES string of the molecule is O=C1Nc2ccccc2SC(c2ccccc2)=C1O. The molecule has 3 nitrogen and oxygen atoms in total. The lowest BCUT2D eigenvalue weighted by Gasteiger charge is -2.07. The minimum atomic E-state index is -0.476. The predicted octanol–water partition coefficient (Wildman–Crippen LogP) is 3.66. The molecule has 1 aliphatic rings. The van der Waals surface area contributed by atoms with Crippen molar-refractivity contribution in [3.63, 3.8) is 0 Å². The molecule has 0 fully saturated rings. The molecule has 1 amide bonds. The topological polar surface area (TPSA) is 49.3 Å². The molecular formula is C15H11NO2S. The number of rotatable bonds is 1. The van der Waals surface area contributed by atoms with Crippen LogP contribution in [0.15, 0.2) is 65.3 Å². The van der Waals surface area contributed by atoms with E-state index in [-0.39, 0.29) is 5.76 Å². The first-order chi connectivity index (χ1) is 9.25. The van der Waals surface area contributed by atoms with Crippen LogP contribution in [0.25, 0.3) is 4.91 Å². The second-order valence-electron chi connectivity index (χ2n) is 4.10. The first-order valence-electron chi connectivity index (χ1n) is 5.82. The van der Waals surface area contributed by atoms with Crippen LogP contribution >= 0.6 is 11.8 Å². The summed E-state index contributed by atoms with van der Waals surface area (Å²) in [6, 6.07) is 16.9. The number of carbonyl (C=O) groups excluding carboxylic acids is 1. The number of hydrogen-bond acceptors (Lipinski definition) is 3. The number of benzene rings is 2. The van der Waals surface area contributed by atoms with Crippen molar-refractivity contribution in [1.82, 2.24) is 0 Å². The summed E-state index contributed by atoms with van der Waals surface area (Å²) < 4.78 is 0. The maximum Gasteiger partial charge on any atom is 0.291 e. The van der Waals surface area contributed by atoms with Gasteiger partial charge in [0.25, 0.3) is 5.91 Å². The molecule has 0 aliphatic carbocycles. The van der Waals surface area contributed by atoms with E-state index in [1.807, 2.05) is 54.6 Å². The van der Waals surface area contributed by atoms with Gasteiger partial charge in [-0.05, 0) is 17.7 Å². The van der Waals surface area contributed by atoms with Crippen LogP contribution in [0.3, 0.4) is 0 Å². The molecule has 2 N–H and O–H groups in total. The maximum absolute atomic E-state index is 11.9. The van der Waals surface area contributed by atoms with Crippen LogP contribution in [-0.4, -0.2) is 11.0 Å². The van der Waals surface area contributed by atoms with Gasteiger partial charge in [-0.25, -0.2) is 0 Å². The molecule has 1 aliphatic heterocycles. The number of aliphatic hydroxyl groups excluding tert-OH is 1. The van der Waals surface area contributed by atoms with Gasteiger partial charge >= 0.3 is 0 Å². The van der Waals surface area contributed by atoms with Gasteiger partial charge in [0.05, 0.1) is 10.6 Å². The Morgan fingerprint density at radius 1 is 0.947 bits per heavy atom. The summed E-state index contributed by atoms with van der Waals surface area (Å²) in [6.45, 7) is 0. The summed E-state index contributed by atoms with van der Waals surface area (Å²) >= 11 is 1.39. The van der Waals surface area contributed by atoms with Crippen LogP contribution in [-0.2, 0) is 4.79 Å². The molecule has 0 bridgehead atoms. The molecule has 94 valence electrons. The van der Waals surface area contributed by atoms with Gasteiger partial charge in [-0.1, -0.05) is 54.2 Å². The van der Waals surface area contributed by atoms with Gasteiger partial charge in [0.15, 0.2) is 5.76 Å². The van der Waals surface area contributed by atoms with Crippen molar-refractivity contribution in [3.8, 4) is 0 Å². The molecule has 0 saturated heterocycles. The quantitative estimate of drug-likeness (QED) is 0.830. The molecule has 4 heteroatoms. The van der Waals surface area contributed by atoms with Gasteiger partial charge in [0.2, 0.25) is 0 Å². The molecule has 3 rings (SSSR count). The van der Waals surface area contributed by atoms with E-state index in [9.17, 15) is 9.90 Å². The Bertz CT molecular complexity index is 665. The Morgan fingerprint density at radius 2 is 1.63 bits per heavy atom. The van der Waals surface area contributed by atoms with E-state index in [1.165, 1.54) is 11.8 Å². The average Bonchev–Trinajstić information content (AvgIpc) is 2.58. The van der Waals surface area contributed by atoms with Crippen molar-refractivity contribution in [1.29, 1.82) is 0 Å². The lowest BCUT2D eigenvalue weighted by atomic mass is 10.2. The fraction of sp³-hybridized carbons (Fsp3) is 0. The van der Waals surface area contributed by atoms with Gasteiger partial charge in [-0.3, -0.25) is 4.79 Å². The molecule has 0 unspecified atom stereocenters. The summed E-state index contributed by atoms with van der Waals surface area (Å²) in [5, 5.41) is 12.8. The fourth-order valence-corrected chi connectivity index (χ4v) is 2.93. The molecule has 0 radical (unpaired) electrons. The minimum Gasteiger partial charge on any atom is -0.502 e. The molecule has 0 spiro atoms. The molecule has 2 aromatic carbocycles. The smallest absolute Gasteiger partial charge is 0.291 e. The molecule has 1 heterocycles. The number of thioether (sulfide) groups is 1. The zero-order valence-electron chi connectivity index (χ0n) is 9.96. The summed E-state index contributed by atoms with van der Waals surface area (Å²) in [5.41, 5.74) is 1.55. The Morgan fingerprint density at radius 3 is 2.42 bits per heavy atom. The Hall–Kier alpha value is -2.20. The zero-order chi connectivity index (χ0) is 13.2. The third-order valence-corrected chi connectivity index (χ3v) is 4.02. The van der Waals surface area contributed by atoms with Crippen molar-refractivity contribution in [2.75, 3.05) is 5.32 Å². The van der Waals surface area contributed by atoms with Gasteiger partial charge in [-0.15, -0.1) is 0 Å². The van der Waals surface area contributed by atoms with Crippen LogP contribution in [0, 0.1) is 0 Å². The molecule has 19 heavy (non-hydrogen) atoms. The van der Waals surface area contributed by atoms with Crippen molar-refractivity contribution in [3.05, 3.63) is 65.9 Å². The summed E-state index contributed by atoms with van der Waals surface area (Å²) in [7, 11) is 0. The summed E-state index contributed by atoms with van der Waals surface area (Å²) in [6.07, 6.45) is 0. The third-order valence-electron chi connectivity index (χ3n) is 2.81. The van der Waals surface area contributed by atoms with Crippen molar-refractivity contribution >= 4 is 28.3 Å². The number of hydrogen-bond donors (Lipinski definition) is 2. The van der Waals surface area contributed by atoms with Crippen LogP contribution in [0.2, 0.25) is 0 Å². The molecular weight excluding hydrogens is 258 g/mol. The molecule has 0 atom stereocenters. The van der Waals surface area contributed by atoms with E-state index in [1.54, 1.807) is 0 Å². The number of nitrogens with one attached hydrogen (secondary N) is 1. The summed E-state index contributed by atoms with van der Waals surface area (Å²) in [5.74, 6) is -0.719. The van der Waals surface area contributed by atoms with Gasteiger partial charge < -0.3 is 10.4 Å². The van der Waals surface area contributed by atoms with Crippen LogP contribution < -0.4 is 5.32 Å². The highest BCUT2D eigenvalue weighted by atomic mass is 32.2.